The molecule has 2 heterocycles. The van der Waals surface area contributed by atoms with Gasteiger partial charge in [-0.1, -0.05) is 163 Å². The maximum Gasteiger partial charge on any atom is 0.159 e. The van der Waals surface area contributed by atoms with Gasteiger partial charge in [0.1, 0.15) is 0 Å². The van der Waals surface area contributed by atoms with Crippen molar-refractivity contribution in [2.45, 2.75) is 57.8 Å². The third-order valence-electron chi connectivity index (χ3n) is 12.1. The lowest BCUT2D eigenvalue weighted by Crippen LogP contribution is -2.26. The van der Waals surface area contributed by atoms with E-state index in [1.165, 1.54) is 55.6 Å². The minimum atomic E-state index is -0.505. The molecule has 0 radical (unpaired) electrons. The first-order chi connectivity index (χ1) is 27.5. The van der Waals surface area contributed by atoms with Crippen molar-refractivity contribution in [2.24, 2.45) is 0 Å². The van der Waals surface area contributed by atoms with Gasteiger partial charge in [-0.15, -0.1) is 0 Å². The molecular formula is C53H44N4. The number of rotatable bonds is 4. The monoisotopic (exact) mass is 736 g/mol. The zero-order valence-electron chi connectivity index (χ0n) is 33.3. The van der Waals surface area contributed by atoms with Gasteiger partial charge in [0.2, 0.25) is 0 Å². The van der Waals surface area contributed by atoms with Crippen molar-refractivity contribution in [2.75, 3.05) is 0 Å². The quantitative estimate of drug-likeness (QED) is 0.180. The van der Waals surface area contributed by atoms with Crippen LogP contribution in [0.1, 0.15) is 74.9 Å². The Morgan fingerprint density at radius 3 is 1.04 bits per heavy atom. The van der Waals surface area contributed by atoms with Gasteiger partial charge in [0, 0.05) is 47.0 Å². The van der Waals surface area contributed by atoms with E-state index < -0.39 is 5.41 Å². The highest BCUT2D eigenvalue weighted by atomic mass is 14.9. The molecule has 0 fully saturated rings. The first-order valence-corrected chi connectivity index (χ1v) is 19.9. The summed E-state index contributed by atoms with van der Waals surface area (Å²) in [5.41, 5.74) is 18.7. The molecule has 0 aliphatic heterocycles. The highest BCUT2D eigenvalue weighted by molar-refractivity contribution is 5.96. The van der Waals surface area contributed by atoms with E-state index in [4.69, 9.17) is 19.9 Å². The summed E-state index contributed by atoms with van der Waals surface area (Å²) >= 11 is 0. The van der Waals surface area contributed by atoms with Crippen LogP contribution < -0.4 is 0 Å². The van der Waals surface area contributed by atoms with Crippen LogP contribution in [0.15, 0.2) is 158 Å². The predicted octanol–water partition coefficient (Wildman–Crippen LogP) is 12.9. The molecule has 0 unspecified atom stereocenters. The topological polar surface area (TPSA) is 51.6 Å². The normalized spacial score (nSPS) is 13.6. The van der Waals surface area contributed by atoms with Gasteiger partial charge in [0.25, 0.3) is 0 Å². The molecule has 4 nitrogen and oxygen atoms in total. The summed E-state index contributed by atoms with van der Waals surface area (Å²) in [6.07, 6.45) is 7.86. The Kier molecular flexibility index (Phi) is 7.82. The van der Waals surface area contributed by atoms with Gasteiger partial charge in [-0.25, -0.2) is 19.9 Å². The number of hydrogen-bond donors (Lipinski definition) is 0. The van der Waals surface area contributed by atoms with Crippen LogP contribution in [-0.4, -0.2) is 19.9 Å². The van der Waals surface area contributed by atoms with E-state index >= 15 is 0 Å². The molecule has 6 aromatic carbocycles. The Balaban J connectivity index is 1.07. The van der Waals surface area contributed by atoms with Gasteiger partial charge in [-0.3, -0.25) is 0 Å². The second-order valence-corrected chi connectivity index (χ2v) is 17.6. The minimum Gasteiger partial charge on any atom is -0.236 e. The van der Waals surface area contributed by atoms with Crippen molar-refractivity contribution in [1.29, 1.82) is 0 Å². The predicted molar refractivity (Wildman–Crippen MR) is 233 cm³/mol. The van der Waals surface area contributed by atoms with E-state index in [1.54, 1.807) is 0 Å². The van der Waals surface area contributed by atoms with Crippen molar-refractivity contribution in [3.63, 3.8) is 0 Å². The van der Waals surface area contributed by atoms with Gasteiger partial charge in [-0.05, 0) is 89.7 Å². The molecule has 2 aliphatic carbocycles. The average Bonchev–Trinajstić information content (AvgIpc) is 3.70. The minimum absolute atomic E-state index is 0.0928. The van der Waals surface area contributed by atoms with E-state index in [9.17, 15) is 0 Å². The van der Waals surface area contributed by atoms with Crippen molar-refractivity contribution in [1.82, 2.24) is 19.9 Å². The lowest BCUT2D eigenvalue weighted by molar-refractivity contribution is 0.590. The molecule has 0 bridgehead atoms. The van der Waals surface area contributed by atoms with E-state index in [0.717, 1.165) is 45.0 Å². The number of benzene rings is 6. The maximum absolute atomic E-state index is 4.87. The molecule has 276 valence electrons. The van der Waals surface area contributed by atoms with Crippen LogP contribution in [0, 0.1) is 0 Å². The van der Waals surface area contributed by atoms with Crippen LogP contribution in [0.25, 0.3) is 67.3 Å². The van der Waals surface area contributed by atoms with Crippen LogP contribution in [-0.2, 0) is 16.2 Å². The van der Waals surface area contributed by atoms with Crippen LogP contribution in [0.3, 0.4) is 0 Å². The lowest BCUT2D eigenvalue weighted by atomic mass is 9.70. The highest BCUT2D eigenvalue weighted by Crippen LogP contribution is 2.63. The fourth-order valence-electron chi connectivity index (χ4n) is 8.99. The van der Waals surface area contributed by atoms with Gasteiger partial charge in [-0.2, -0.15) is 0 Å². The van der Waals surface area contributed by atoms with Crippen molar-refractivity contribution in [3.8, 4) is 67.3 Å². The summed E-state index contributed by atoms with van der Waals surface area (Å²) in [5.74, 6) is 1.46. The molecular weight excluding hydrogens is 693 g/mol. The fraction of sp³-hybridized carbons (Fsp3) is 0.170. The standard InChI is InChI=1S/C53H44N4/c1-51(2,3)39-21-15-33(16-22-39)49-54-29-37(30-55-49)35-19-25-43-44-26-20-36(38-31-56-50(57-32-38)34-17-23-40(24-18-34)52(4,5)6)28-48(44)53(47(43)27-35)45-13-9-7-11-41(45)42-12-8-10-14-46(42)53/h7-32H,1-6H3. The zero-order chi connectivity index (χ0) is 39.1. The maximum atomic E-state index is 4.87. The van der Waals surface area contributed by atoms with E-state index in [2.05, 4.69) is 175 Å². The Labute approximate surface area is 335 Å². The first kappa shape index (κ1) is 34.9. The highest BCUT2D eigenvalue weighted by Gasteiger charge is 2.51. The van der Waals surface area contributed by atoms with Gasteiger partial charge < -0.3 is 0 Å². The van der Waals surface area contributed by atoms with Crippen molar-refractivity contribution < 1.29 is 0 Å². The molecule has 0 saturated carbocycles. The van der Waals surface area contributed by atoms with Crippen LogP contribution in [0.4, 0.5) is 0 Å². The molecule has 0 amide bonds. The second-order valence-electron chi connectivity index (χ2n) is 17.6. The summed E-state index contributed by atoms with van der Waals surface area (Å²) < 4.78 is 0. The van der Waals surface area contributed by atoms with Gasteiger partial charge in [0.15, 0.2) is 11.6 Å². The molecule has 0 saturated heterocycles. The SMILES string of the molecule is CC(C)(C)c1ccc(-c2ncc(-c3ccc4c(c3)C3(c5ccccc5-c5ccccc53)c3cc(-c5cnc(-c6ccc(C(C)(C)C)cc6)nc5)ccc3-4)cn2)cc1. The zero-order valence-corrected chi connectivity index (χ0v) is 33.3. The fourth-order valence-corrected chi connectivity index (χ4v) is 8.99. The summed E-state index contributed by atoms with van der Waals surface area (Å²) in [6, 6.07) is 48.9. The molecule has 2 aliphatic rings. The summed E-state index contributed by atoms with van der Waals surface area (Å²) in [5, 5.41) is 0. The molecule has 1 spiro atoms. The Morgan fingerprint density at radius 1 is 0.333 bits per heavy atom. The first-order valence-electron chi connectivity index (χ1n) is 19.9. The smallest absolute Gasteiger partial charge is 0.159 e. The molecule has 10 rings (SSSR count). The van der Waals surface area contributed by atoms with E-state index in [-0.39, 0.29) is 10.8 Å². The number of hydrogen-bond acceptors (Lipinski definition) is 4. The summed E-state index contributed by atoms with van der Waals surface area (Å²) in [6.45, 7) is 13.4. The molecule has 2 aromatic heterocycles. The number of fused-ring (bicyclic) bond motifs is 10. The lowest BCUT2D eigenvalue weighted by Gasteiger charge is -2.31. The third kappa shape index (κ3) is 5.57. The van der Waals surface area contributed by atoms with Crippen molar-refractivity contribution >= 4 is 0 Å². The summed E-state index contributed by atoms with van der Waals surface area (Å²) in [7, 11) is 0. The Bertz CT molecular complexity index is 2620. The third-order valence-corrected chi connectivity index (χ3v) is 12.1. The van der Waals surface area contributed by atoms with E-state index in [1.807, 2.05) is 24.8 Å². The Morgan fingerprint density at radius 2 is 0.667 bits per heavy atom. The molecule has 0 atom stereocenters. The average molecular weight is 737 g/mol. The van der Waals surface area contributed by atoms with Gasteiger partial charge >= 0.3 is 0 Å². The molecule has 57 heavy (non-hydrogen) atoms. The number of aromatic nitrogens is 4. The van der Waals surface area contributed by atoms with Crippen molar-refractivity contribution in [3.05, 3.63) is 192 Å². The molecule has 0 N–H and O–H groups in total. The van der Waals surface area contributed by atoms with Crippen LogP contribution >= 0.6 is 0 Å². The van der Waals surface area contributed by atoms with E-state index in [0.29, 0.717) is 0 Å². The number of nitrogens with zero attached hydrogens (tertiary/aromatic N) is 4. The van der Waals surface area contributed by atoms with Crippen LogP contribution in [0.5, 0.6) is 0 Å². The summed E-state index contributed by atoms with van der Waals surface area (Å²) in [4.78, 5) is 19.5. The van der Waals surface area contributed by atoms with Gasteiger partial charge in [0.05, 0.1) is 5.41 Å². The Hall–Kier alpha value is -6.52. The molecule has 8 aromatic rings. The largest absolute Gasteiger partial charge is 0.236 e. The molecule has 4 heteroatoms. The second kappa shape index (κ2) is 12.8. The van der Waals surface area contributed by atoms with Crippen LogP contribution in [0.2, 0.25) is 0 Å².